The maximum absolute atomic E-state index is 11.0. The second-order valence-electron chi connectivity index (χ2n) is 9.04. The van der Waals surface area contributed by atoms with Gasteiger partial charge in [0.15, 0.2) is 0 Å². The van der Waals surface area contributed by atoms with Gasteiger partial charge in [0.2, 0.25) is 0 Å². The molecule has 0 aromatic heterocycles. The summed E-state index contributed by atoms with van der Waals surface area (Å²) < 4.78 is 5.87. The van der Waals surface area contributed by atoms with Crippen molar-refractivity contribution in [2.24, 2.45) is 16.2 Å². The van der Waals surface area contributed by atoms with Crippen LogP contribution >= 0.6 is 0 Å². The lowest BCUT2D eigenvalue weighted by molar-refractivity contribution is -0.0458. The van der Waals surface area contributed by atoms with Crippen LogP contribution in [0.4, 0.5) is 0 Å². The number of aliphatic hydroxyl groups excluding tert-OH is 3. The fraction of sp³-hybridized carbons (Fsp3) is 0.789. The van der Waals surface area contributed by atoms with E-state index >= 15 is 0 Å². The van der Waals surface area contributed by atoms with Gasteiger partial charge >= 0.3 is 0 Å². The maximum atomic E-state index is 11.0. The first-order chi connectivity index (χ1) is 10.8. The summed E-state index contributed by atoms with van der Waals surface area (Å²) in [5, 5.41) is 39.4. The normalized spacial score (nSPS) is 22.9. The Morgan fingerprint density at radius 3 is 1.88 bits per heavy atom. The zero-order valence-corrected chi connectivity index (χ0v) is 15.9. The first-order valence-electron chi connectivity index (χ1n) is 8.45. The fourth-order valence-electron chi connectivity index (χ4n) is 2.53. The highest BCUT2D eigenvalue weighted by Gasteiger charge is 2.43. The number of hydrogen-bond acceptors (Lipinski definition) is 5. The van der Waals surface area contributed by atoms with Gasteiger partial charge in [-0.15, -0.1) is 0 Å². The molecule has 1 atom stereocenters. The molecule has 0 aliphatic heterocycles. The standard InChI is InChI=1S/C19H34O5/c1-16(2,3)14-9-19(23,17(4,5)6)8-7-15(14)24-13-18(10-20,11-21)12-22/h7-8,20-23H,9-13H2,1-6H3. The summed E-state index contributed by atoms with van der Waals surface area (Å²) in [5.41, 5.74) is -1.60. The lowest BCUT2D eigenvalue weighted by Gasteiger charge is -2.43. The van der Waals surface area contributed by atoms with Crippen LogP contribution in [0.3, 0.4) is 0 Å². The predicted octanol–water partition coefficient (Wildman–Crippen LogP) is 2.00. The Bertz CT molecular complexity index is 481. The largest absolute Gasteiger partial charge is 0.493 e. The van der Waals surface area contributed by atoms with E-state index in [4.69, 9.17) is 4.74 Å². The average Bonchev–Trinajstić information content (AvgIpc) is 2.48. The van der Waals surface area contributed by atoms with Gasteiger partial charge in [-0.25, -0.2) is 0 Å². The van der Waals surface area contributed by atoms with Gasteiger partial charge in [-0.05, 0) is 28.6 Å². The maximum Gasteiger partial charge on any atom is 0.118 e. The van der Waals surface area contributed by atoms with E-state index in [1.165, 1.54) is 0 Å². The smallest absolute Gasteiger partial charge is 0.118 e. The van der Waals surface area contributed by atoms with Crippen molar-refractivity contribution >= 4 is 0 Å². The minimum atomic E-state index is -1.08. The average molecular weight is 342 g/mol. The topological polar surface area (TPSA) is 90.2 Å². The molecule has 1 aliphatic carbocycles. The summed E-state index contributed by atoms with van der Waals surface area (Å²) >= 11 is 0. The van der Waals surface area contributed by atoms with Gasteiger partial charge in [-0.2, -0.15) is 0 Å². The number of hydrogen-bond donors (Lipinski definition) is 4. The monoisotopic (exact) mass is 342 g/mol. The third-order valence-corrected chi connectivity index (χ3v) is 5.00. The predicted molar refractivity (Wildman–Crippen MR) is 94.3 cm³/mol. The zero-order valence-electron chi connectivity index (χ0n) is 15.9. The Balaban J connectivity index is 3.13. The minimum absolute atomic E-state index is 0.00367. The van der Waals surface area contributed by atoms with Crippen LogP contribution in [0, 0.1) is 16.2 Å². The zero-order chi connectivity index (χ0) is 18.8. The van der Waals surface area contributed by atoms with Gasteiger partial charge in [0, 0.05) is 6.42 Å². The molecule has 0 heterocycles. The van der Waals surface area contributed by atoms with E-state index in [1.807, 2.05) is 20.8 Å². The Morgan fingerprint density at radius 1 is 1.00 bits per heavy atom. The van der Waals surface area contributed by atoms with Crippen molar-refractivity contribution in [1.29, 1.82) is 0 Å². The Kier molecular flexibility index (Phi) is 6.31. The molecule has 140 valence electrons. The van der Waals surface area contributed by atoms with Gasteiger partial charge < -0.3 is 25.2 Å². The summed E-state index contributed by atoms with van der Waals surface area (Å²) in [6.07, 6.45) is 3.98. The van der Waals surface area contributed by atoms with Gasteiger partial charge in [-0.1, -0.05) is 41.5 Å². The lowest BCUT2D eigenvalue weighted by Crippen LogP contribution is -2.44. The number of ether oxygens (including phenoxy) is 1. The summed E-state index contributed by atoms with van der Waals surface area (Å²) in [4.78, 5) is 0. The summed E-state index contributed by atoms with van der Waals surface area (Å²) in [6, 6.07) is 0. The lowest BCUT2D eigenvalue weighted by atomic mass is 9.67. The third-order valence-electron chi connectivity index (χ3n) is 5.00. The molecular formula is C19H34O5. The van der Waals surface area contributed by atoms with Gasteiger partial charge in [0.25, 0.3) is 0 Å². The van der Waals surface area contributed by atoms with Crippen molar-refractivity contribution < 1.29 is 25.2 Å². The molecule has 0 aromatic rings. The van der Waals surface area contributed by atoms with Crippen molar-refractivity contribution in [3.05, 3.63) is 23.5 Å². The van der Waals surface area contributed by atoms with E-state index in [1.54, 1.807) is 12.2 Å². The molecular weight excluding hydrogens is 308 g/mol. The summed E-state index contributed by atoms with van der Waals surface area (Å²) in [6.45, 7) is 11.1. The molecule has 24 heavy (non-hydrogen) atoms. The molecule has 1 aliphatic rings. The summed E-state index contributed by atoms with van der Waals surface area (Å²) in [7, 11) is 0. The van der Waals surface area contributed by atoms with Crippen molar-refractivity contribution in [1.82, 2.24) is 0 Å². The molecule has 1 rings (SSSR count). The Morgan fingerprint density at radius 2 is 1.50 bits per heavy atom. The van der Waals surface area contributed by atoms with E-state index in [2.05, 4.69) is 20.8 Å². The molecule has 5 heteroatoms. The second-order valence-corrected chi connectivity index (χ2v) is 9.04. The molecule has 0 saturated heterocycles. The fourth-order valence-corrected chi connectivity index (χ4v) is 2.53. The van der Waals surface area contributed by atoms with Crippen LogP contribution in [0.2, 0.25) is 0 Å². The van der Waals surface area contributed by atoms with Crippen LogP contribution in [0.25, 0.3) is 0 Å². The molecule has 0 radical (unpaired) electrons. The van der Waals surface area contributed by atoms with Gasteiger partial charge in [0.05, 0.1) is 30.8 Å². The Labute approximate surface area is 145 Å². The molecule has 1 unspecified atom stereocenters. The quantitative estimate of drug-likeness (QED) is 0.593. The van der Waals surface area contributed by atoms with Gasteiger partial charge in [0.1, 0.15) is 12.4 Å². The Hall–Kier alpha value is -0.880. The van der Waals surface area contributed by atoms with Gasteiger partial charge in [-0.3, -0.25) is 0 Å². The highest BCUT2D eigenvalue weighted by atomic mass is 16.5. The van der Waals surface area contributed by atoms with Crippen LogP contribution in [0.5, 0.6) is 0 Å². The highest BCUT2D eigenvalue weighted by Crippen LogP contribution is 2.45. The van der Waals surface area contributed by atoms with Crippen LogP contribution in [0.15, 0.2) is 23.5 Å². The molecule has 0 amide bonds. The molecule has 0 bridgehead atoms. The third kappa shape index (κ3) is 4.39. The minimum Gasteiger partial charge on any atom is -0.493 e. The molecule has 0 saturated carbocycles. The molecule has 0 aromatic carbocycles. The van der Waals surface area contributed by atoms with Crippen LogP contribution in [0.1, 0.15) is 48.0 Å². The number of rotatable bonds is 6. The second kappa shape index (κ2) is 7.16. The van der Waals surface area contributed by atoms with Crippen molar-refractivity contribution in [3.8, 4) is 0 Å². The first kappa shape index (κ1) is 21.2. The molecule has 0 spiro atoms. The van der Waals surface area contributed by atoms with E-state index in [9.17, 15) is 20.4 Å². The van der Waals surface area contributed by atoms with E-state index < -0.39 is 11.0 Å². The summed E-state index contributed by atoms with van der Waals surface area (Å²) in [5.74, 6) is 0.635. The molecule has 5 nitrogen and oxygen atoms in total. The van der Waals surface area contributed by atoms with Crippen molar-refractivity contribution in [2.45, 2.75) is 53.6 Å². The SMILES string of the molecule is CC(C)(C)C1=C(OCC(CO)(CO)CO)C=CC(O)(C(C)(C)C)C1. The molecule has 4 N–H and O–H groups in total. The van der Waals surface area contributed by atoms with Crippen molar-refractivity contribution in [3.63, 3.8) is 0 Å². The van der Waals surface area contributed by atoms with E-state index in [0.29, 0.717) is 12.2 Å². The van der Waals surface area contributed by atoms with Crippen molar-refractivity contribution in [2.75, 3.05) is 26.4 Å². The number of aliphatic hydroxyl groups is 4. The van der Waals surface area contributed by atoms with Crippen LogP contribution in [-0.2, 0) is 4.74 Å². The van der Waals surface area contributed by atoms with E-state index in [-0.39, 0.29) is 37.3 Å². The first-order valence-corrected chi connectivity index (χ1v) is 8.45. The molecule has 0 fully saturated rings. The van der Waals surface area contributed by atoms with E-state index in [0.717, 1.165) is 5.57 Å². The highest BCUT2D eigenvalue weighted by molar-refractivity contribution is 5.35. The van der Waals surface area contributed by atoms with Crippen LogP contribution < -0.4 is 0 Å². The number of allylic oxidation sites excluding steroid dienone is 1. The van der Waals surface area contributed by atoms with Crippen LogP contribution in [-0.4, -0.2) is 52.5 Å².